The SMILES string of the molecule is CC[C@H]1[C@@H](C(=O)NCCc2ccccc2)C[C@H]2CN(C(=O)c3cn[nH]c3)CC(=O)N21. The summed E-state index contributed by atoms with van der Waals surface area (Å²) in [7, 11) is 0. The molecule has 3 amide bonds. The molecule has 0 spiro atoms. The summed E-state index contributed by atoms with van der Waals surface area (Å²) in [5.74, 6) is -0.550. The molecule has 2 N–H and O–H groups in total. The predicted molar refractivity (Wildman–Crippen MR) is 110 cm³/mol. The molecule has 3 atom stereocenters. The van der Waals surface area contributed by atoms with Crippen molar-refractivity contribution in [3.8, 4) is 0 Å². The number of rotatable bonds is 6. The van der Waals surface area contributed by atoms with Gasteiger partial charge in [-0.1, -0.05) is 37.3 Å². The van der Waals surface area contributed by atoms with Crippen molar-refractivity contribution in [3.63, 3.8) is 0 Å². The maximum atomic E-state index is 12.9. The van der Waals surface area contributed by atoms with Gasteiger partial charge in [-0.15, -0.1) is 0 Å². The summed E-state index contributed by atoms with van der Waals surface area (Å²) in [5.41, 5.74) is 1.62. The fourth-order valence-corrected chi connectivity index (χ4v) is 4.72. The first-order chi connectivity index (χ1) is 14.6. The van der Waals surface area contributed by atoms with Crippen LogP contribution in [0.3, 0.4) is 0 Å². The van der Waals surface area contributed by atoms with Crippen LogP contribution in [0.5, 0.6) is 0 Å². The van der Waals surface area contributed by atoms with Crippen LogP contribution in [0.4, 0.5) is 0 Å². The maximum absolute atomic E-state index is 12.9. The second kappa shape index (κ2) is 8.69. The summed E-state index contributed by atoms with van der Waals surface area (Å²) in [4.78, 5) is 41.9. The summed E-state index contributed by atoms with van der Waals surface area (Å²) in [6.07, 6.45) is 5.07. The quantitative estimate of drug-likeness (QED) is 0.750. The molecule has 30 heavy (non-hydrogen) atoms. The first kappa shape index (κ1) is 20.1. The number of hydrogen-bond acceptors (Lipinski definition) is 4. The summed E-state index contributed by atoms with van der Waals surface area (Å²) in [6, 6.07) is 9.79. The van der Waals surface area contributed by atoms with Crippen LogP contribution in [0.2, 0.25) is 0 Å². The Balaban J connectivity index is 1.39. The van der Waals surface area contributed by atoms with Crippen LogP contribution in [-0.4, -0.2) is 69.4 Å². The van der Waals surface area contributed by atoms with Crippen LogP contribution in [0.25, 0.3) is 0 Å². The Morgan fingerprint density at radius 2 is 2.07 bits per heavy atom. The van der Waals surface area contributed by atoms with Gasteiger partial charge in [0.05, 0.1) is 23.7 Å². The minimum Gasteiger partial charge on any atom is -0.355 e. The Hall–Kier alpha value is -3.16. The average molecular weight is 409 g/mol. The zero-order valence-corrected chi connectivity index (χ0v) is 17.1. The lowest BCUT2D eigenvalue weighted by Gasteiger charge is -2.39. The minimum absolute atomic E-state index is 0.00677. The maximum Gasteiger partial charge on any atom is 0.257 e. The fraction of sp³-hybridized carbons (Fsp3) is 0.455. The molecular formula is C22H27N5O3. The Morgan fingerprint density at radius 1 is 1.27 bits per heavy atom. The smallest absolute Gasteiger partial charge is 0.257 e. The van der Waals surface area contributed by atoms with E-state index in [-0.39, 0.29) is 42.3 Å². The van der Waals surface area contributed by atoms with Crippen LogP contribution >= 0.6 is 0 Å². The zero-order chi connectivity index (χ0) is 21.1. The van der Waals surface area contributed by atoms with Crippen molar-refractivity contribution in [3.05, 3.63) is 53.9 Å². The van der Waals surface area contributed by atoms with Gasteiger partial charge in [0.25, 0.3) is 5.91 Å². The molecule has 8 nitrogen and oxygen atoms in total. The molecule has 0 radical (unpaired) electrons. The highest BCUT2D eigenvalue weighted by Gasteiger charge is 2.49. The first-order valence-corrected chi connectivity index (χ1v) is 10.5. The largest absolute Gasteiger partial charge is 0.355 e. The second-order valence-electron chi connectivity index (χ2n) is 7.97. The number of amides is 3. The molecule has 2 fully saturated rings. The number of carbonyl (C=O) groups excluding carboxylic acids is 3. The third-order valence-corrected chi connectivity index (χ3v) is 6.13. The zero-order valence-electron chi connectivity index (χ0n) is 17.1. The van der Waals surface area contributed by atoms with Crippen molar-refractivity contribution in [2.24, 2.45) is 5.92 Å². The molecule has 0 unspecified atom stereocenters. The molecular weight excluding hydrogens is 382 g/mol. The molecule has 0 bridgehead atoms. The number of piperazine rings is 1. The van der Waals surface area contributed by atoms with E-state index in [0.29, 0.717) is 31.5 Å². The highest BCUT2D eigenvalue weighted by atomic mass is 16.2. The number of fused-ring (bicyclic) bond motifs is 1. The summed E-state index contributed by atoms with van der Waals surface area (Å²) >= 11 is 0. The van der Waals surface area contributed by atoms with Crippen LogP contribution in [0, 0.1) is 5.92 Å². The van der Waals surface area contributed by atoms with Crippen molar-refractivity contribution in [2.45, 2.75) is 38.3 Å². The molecule has 2 saturated heterocycles. The van der Waals surface area contributed by atoms with E-state index in [4.69, 9.17) is 0 Å². The molecule has 158 valence electrons. The minimum atomic E-state index is -0.247. The molecule has 2 aliphatic rings. The lowest BCUT2D eigenvalue weighted by molar-refractivity contribution is -0.139. The highest BCUT2D eigenvalue weighted by Crippen LogP contribution is 2.35. The van der Waals surface area contributed by atoms with Gasteiger partial charge in [0.2, 0.25) is 11.8 Å². The Bertz CT molecular complexity index is 899. The molecule has 0 aliphatic carbocycles. The molecule has 0 saturated carbocycles. The number of benzene rings is 1. The van der Waals surface area contributed by atoms with E-state index in [1.165, 1.54) is 18.0 Å². The summed E-state index contributed by atoms with van der Waals surface area (Å²) in [5, 5.41) is 9.49. The van der Waals surface area contributed by atoms with Crippen LogP contribution < -0.4 is 5.32 Å². The Kier molecular flexibility index (Phi) is 5.83. The first-order valence-electron chi connectivity index (χ1n) is 10.5. The van der Waals surface area contributed by atoms with E-state index in [1.807, 2.05) is 42.2 Å². The standard InChI is InChI=1S/C22H27N5O3/c1-2-19-18(21(29)23-9-8-15-6-4-3-5-7-15)10-17-13-26(14-20(28)27(17)19)22(30)16-11-24-25-12-16/h3-7,11-12,17-19H,2,8-10,13-14H2,1H3,(H,23,29)(H,24,25)/t17-,18-,19-/m0/s1. The normalized spacial score (nSPS) is 23.4. The lowest BCUT2D eigenvalue weighted by atomic mass is 9.96. The van der Waals surface area contributed by atoms with Gasteiger partial charge in [-0.2, -0.15) is 5.10 Å². The lowest BCUT2D eigenvalue weighted by Crippen LogP contribution is -2.57. The third kappa shape index (κ3) is 3.94. The van der Waals surface area contributed by atoms with Gasteiger partial charge in [0.15, 0.2) is 0 Å². The molecule has 2 aromatic rings. The fourth-order valence-electron chi connectivity index (χ4n) is 4.72. The van der Waals surface area contributed by atoms with Gasteiger partial charge < -0.3 is 15.1 Å². The van der Waals surface area contributed by atoms with Gasteiger partial charge in [-0.3, -0.25) is 19.5 Å². The van der Waals surface area contributed by atoms with Gasteiger partial charge >= 0.3 is 0 Å². The predicted octanol–water partition coefficient (Wildman–Crippen LogP) is 1.22. The average Bonchev–Trinajstić information content (AvgIpc) is 3.42. The number of hydrogen-bond donors (Lipinski definition) is 2. The monoisotopic (exact) mass is 409 g/mol. The number of nitrogens with one attached hydrogen (secondary N) is 2. The Morgan fingerprint density at radius 3 is 2.77 bits per heavy atom. The molecule has 4 rings (SSSR count). The highest BCUT2D eigenvalue weighted by molar-refractivity contribution is 5.97. The van der Waals surface area contributed by atoms with Crippen LogP contribution in [-0.2, 0) is 16.0 Å². The van der Waals surface area contributed by atoms with Crippen molar-refractivity contribution in [2.75, 3.05) is 19.6 Å². The van der Waals surface area contributed by atoms with Gasteiger partial charge in [0.1, 0.15) is 6.54 Å². The molecule has 2 aliphatic heterocycles. The third-order valence-electron chi connectivity index (χ3n) is 6.13. The molecule has 8 heteroatoms. The van der Waals surface area contributed by atoms with E-state index in [9.17, 15) is 14.4 Å². The van der Waals surface area contributed by atoms with E-state index in [1.54, 1.807) is 4.90 Å². The van der Waals surface area contributed by atoms with Crippen molar-refractivity contribution in [1.29, 1.82) is 0 Å². The number of nitrogens with zero attached hydrogens (tertiary/aromatic N) is 3. The topological polar surface area (TPSA) is 98.4 Å². The Labute approximate surface area is 175 Å². The van der Waals surface area contributed by atoms with E-state index in [0.717, 1.165) is 6.42 Å². The molecule has 1 aromatic heterocycles. The van der Waals surface area contributed by atoms with E-state index < -0.39 is 0 Å². The van der Waals surface area contributed by atoms with E-state index in [2.05, 4.69) is 15.5 Å². The van der Waals surface area contributed by atoms with Gasteiger partial charge in [-0.25, -0.2) is 0 Å². The number of H-pyrrole nitrogens is 1. The van der Waals surface area contributed by atoms with Crippen molar-refractivity contribution >= 4 is 17.7 Å². The van der Waals surface area contributed by atoms with Crippen molar-refractivity contribution in [1.82, 2.24) is 25.3 Å². The summed E-state index contributed by atoms with van der Waals surface area (Å²) in [6.45, 7) is 3.06. The van der Waals surface area contributed by atoms with E-state index >= 15 is 0 Å². The van der Waals surface area contributed by atoms with Crippen LogP contribution in [0.15, 0.2) is 42.7 Å². The molecule has 3 heterocycles. The van der Waals surface area contributed by atoms with Crippen LogP contribution in [0.1, 0.15) is 35.7 Å². The number of aromatic amines is 1. The van der Waals surface area contributed by atoms with Crippen molar-refractivity contribution < 1.29 is 14.4 Å². The van der Waals surface area contributed by atoms with Gasteiger partial charge in [-0.05, 0) is 24.8 Å². The summed E-state index contributed by atoms with van der Waals surface area (Å²) < 4.78 is 0. The molecule has 1 aromatic carbocycles. The second-order valence-corrected chi connectivity index (χ2v) is 7.97. The van der Waals surface area contributed by atoms with Gasteiger partial charge in [0, 0.05) is 25.3 Å². The number of aromatic nitrogens is 2. The number of carbonyl (C=O) groups is 3.